The molecule has 0 aromatic carbocycles. The van der Waals surface area contributed by atoms with Gasteiger partial charge < -0.3 is 10.2 Å². The first kappa shape index (κ1) is 11.6. The van der Waals surface area contributed by atoms with Crippen molar-refractivity contribution in [3.8, 4) is 0 Å². The summed E-state index contributed by atoms with van der Waals surface area (Å²) in [6.07, 6.45) is 3.73. The van der Waals surface area contributed by atoms with Gasteiger partial charge in [-0.25, -0.2) is 0 Å². The molecule has 0 saturated heterocycles. The Balaban J connectivity index is 3.31. The van der Waals surface area contributed by atoms with E-state index in [9.17, 15) is 4.79 Å². The third-order valence-electron chi connectivity index (χ3n) is 1.86. The summed E-state index contributed by atoms with van der Waals surface area (Å²) in [4.78, 5) is 10.7. The van der Waals surface area contributed by atoms with E-state index >= 15 is 0 Å². The fraction of sp³-hybridized carbons (Fsp3) is 0.889. The van der Waals surface area contributed by atoms with E-state index in [1.54, 1.807) is 0 Å². The van der Waals surface area contributed by atoms with Gasteiger partial charge in [0.2, 0.25) is 0 Å². The third-order valence-corrected chi connectivity index (χ3v) is 1.86. The molecule has 1 unspecified atom stereocenters. The summed E-state index contributed by atoms with van der Waals surface area (Å²) >= 11 is 0. The molecule has 0 rings (SSSR count). The lowest BCUT2D eigenvalue weighted by Crippen LogP contribution is -2.23. The third kappa shape index (κ3) is 5.27. The van der Waals surface area contributed by atoms with Gasteiger partial charge in [-0.15, -0.1) is 0 Å². The summed E-state index contributed by atoms with van der Waals surface area (Å²) in [6, 6.07) is 0. The van der Waals surface area contributed by atoms with E-state index in [4.69, 9.17) is 10.2 Å². The van der Waals surface area contributed by atoms with Gasteiger partial charge in [0.15, 0.2) is 5.78 Å². The summed E-state index contributed by atoms with van der Waals surface area (Å²) in [5.41, 5.74) is 0. The monoisotopic (exact) mass is 174 g/mol. The van der Waals surface area contributed by atoms with Gasteiger partial charge >= 0.3 is 0 Å². The molecule has 3 nitrogen and oxygen atoms in total. The number of aliphatic hydroxyl groups is 2. The lowest BCUT2D eigenvalue weighted by atomic mass is 10.1. The first-order valence-electron chi connectivity index (χ1n) is 4.54. The van der Waals surface area contributed by atoms with Gasteiger partial charge in [0.05, 0.1) is 0 Å². The van der Waals surface area contributed by atoms with Crippen LogP contribution in [-0.4, -0.2) is 28.7 Å². The minimum absolute atomic E-state index is 0.466. The van der Waals surface area contributed by atoms with Crippen molar-refractivity contribution in [3.05, 3.63) is 0 Å². The van der Waals surface area contributed by atoms with Crippen molar-refractivity contribution in [3.63, 3.8) is 0 Å². The van der Waals surface area contributed by atoms with Crippen LogP contribution in [0, 0.1) is 0 Å². The first-order chi connectivity index (χ1) is 5.72. The number of ketones is 1. The lowest BCUT2D eigenvalue weighted by molar-refractivity contribution is -0.130. The van der Waals surface area contributed by atoms with Gasteiger partial charge in [0.1, 0.15) is 12.7 Å². The zero-order valence-corrected chi connectivity index (χ0v) is 7.62. The smallest absolute Gasteiger partial charge is 0.186 e. The average molecular weight is 174 g/mol. The highest BCUT2D eigenvalue weighted by Crippen LogP contribution is 2.05. The highest BCUT2D eigenvalue weighted by Gasteiger charge is 2.12. The molecule has 72 valence electrons. The van der Waals surface area contributed by atoms with Gasteiger partial charge in [-0.3, -0.25) is 4.79 Å². The molecule has 0 amide bonds. The van der Waals surface area contributed by atoms with Crippen LogP contribution >= 0.6 is 0 Å². The fourth-order valence-corrected chi connectivity index (χ4v) is 1.03. The second kappa shape index (κ2) is 7.25. The van der Waals surface area contributed by atoms with Crippen LogP contribution in [0.1, 0.15) is 39.0 Å². The number of Topliss-reactive ketones (excluding diaryl/α,β-unsaturated/α-hetero) is 1. The summed E-state index contributed by atoms with van der Waals surface area (Å²) in [5, 5.41) is 17.5. The van der Waals surface area contributed by atoms with Crippen molar-refractivity contribution in [1.82, 2.24) is 0 Å². The molecule has 12 heavy (non-hydrogen) atoms. The topological polar surface area (TPSA) is 57.5 Å². The molecule has 0 aliphatic rings. The summed E-state index contributed by atoms with van der Waals surface area (Å²) in [7, 11) is 0. The predicted octanol–water partition coefficient (Wildman–Crippen LogP) is 0.879. The van der Waals surface area contributed by atoms with Gasteiger partial charge in [0.25, 0.3) is 0 Å². The van der Waals surface area contributed by atoms with E-state index in [0.717, 1.165) is 25.7 Å². The Hall–Kier alpha value is -0.410. The minimum atomic E-state index is -0.952. The Morgan fingerprint density at radius 3 is 2.50 bits per heavy atom. The molecule has 0 aliphatic carbocycles. The maximum absolute atomic E-state index is 10.7. The van der Waals surface area contributed by atoms with Crippen LogP contribution in [0.5, 0.6) is 0 Å². The highest BCUT2D eigenvalue weighted by molar-refractivity contribution is 5.83. The number of unbranched alkanes of at least 4 members (excludes halogenated alkanes) is 3. The van der Waals surface area contributed by atoms with E-state index in [2.05, 4.69) is 6.92 Å². The van der Waals surface area contributed by atoms with E-state index < -0.39 is 18.5 Å². The van der Waals surface area contributed by atoms with Gasteiger partial charge in [-0.2, -0.15) is 0 Å². The van der Waals surface area contributed by atoms with Crippen molar-refractivity contribution in [2.75, 3.05) is 6.61 Å². The van der Waals surface area contributed by atoms with E-state index in [-0.39, 0.29) is 0 Å². The molecule has 0 aromatic heterocycles. The fourth-order valence-electron chi connectivity index (χ4n) is 1.03. The standard InChI is InChI=1S/C9H18O3/c1-2-3-4-5-6-8(11)9(12)7-10/h8,10-11H,2-7H2,1H3. The minimum Gasteiger partial charge on any atom is -0.388 e. The van der Waals surface area contributed by atoms with Crippen molar-refractivity contribution in [1.29, 1.82) is 0 Å². The van der Waals surface area contributed by atoms with Gasteiger partial charge in [0, 0.05) is 0 Å². The maximum Gasteiger partial charge on any atom is 0.186 e. The Kier molecular flexibility index (Phi) is 7.00. The normalized spacial score (nSPS) is 12.9. The van der Waals surface area contributed by atoms with Crippen LogP contribution in [0.4, 0.5) is 0 Å². The molecule has 0 aromatic rings. The van der Waals surface area contributed by atoms with E-state index in [1.165, 1.54) is 0 Å². The van der Waals surface area contributed by atoms with Gasteiger partial charge in [-0.1, -0.05) is 32.6 Å². The molecule has 0 aliphatic heterocycles. The summed E-state index contributed by atoms with van der Waals surface area (Å²) < 4.78 is 0. The molecular formula is C9H18O3. The second-order valence-corrected chi connectivity index (χ2v) is 2.99. The summed E-state index contributed by atoms with van der Waals surface area (Å²) in [5.74, 6) is -0.466. The quantitative estimate of drug-likeness (QED) is 0.563. The number of carbonyl (C=O) groups is 1. The Morgan fingerprint density at radius 1 is 1.33 bits per heavy atom. The molecule has 0 spiro atoms. The van der Waals surface area contributed by atoms with Crippen molar-refractivity contribution < 1.29 is 15.0 Å². The second-order valence-electron chi connectivity index (χ2n) is 2.99. The number of aliphatic hydroxyl groups excluding tert-OH is 2. The van der Waals surface area contributed by atoms with Crippen molar-refractivity contribution in [2.45, 2.75) is 45.1 Å². The molecule has 0 fully saturated rings. The molecule has 0 bridgehead atoms. The summed E-state index contributed by atoms with van der Waals surface area (Å²) in [6.45, 7) is 1.56. The van der Waals surface area contributed by atoms with Crippen LogP contribution < -0.4 is 0 Å². The largest absolute Gasteiger partial charge is 0.388 e. The highest BCUT2D eigenvalue weighted by atomic mass is 16.3. The zero-order chi connectivity index (χ0) is 9.40. The van der Waals surface area contributed by atoms with E-state index in [1.807, 2.05) is 0 Å². The molecule has 0 radical (unpaired) electrons. The molecule has 1 atom stereocenters. The Bertz CT molecular complexity index is 123. The number of hydrogen-bond acceptors (Lipinski definition) is 3. The zero-order valence-electron chi connectivity index (χ0n) is 7.62. The van der Waals surface area contributed by atoms with Crippen LogP contribution in [0.25, 0.3) is 0 Å². The van der Waals surface area contributed by atoms with Crippen LogP contribution in [0.2, 0.25) is 0 Å². The van der Waals surface area contributed by atoms with E-state index in [0.29, 0.717) is 6.42 Å². The van der Waals surface area contributed by atoms with Crippen molar-refractivity contribution >= 4 is 5.78 Å². The molecule has 0 heterocycles. The molecule has 2 N–H and O–H groups in total. The first-order valence-corrected chi connectivity index (χ1v) is 4.54. The Morgan fingerprint density at radius 2 is 2.00 bits per heavy atom. The average Bonchev–Trinajstić information content (AvgIpc) is 2.10. The van der Waals surface area contributed by atoms with Gasteiger partial charge in [-0.05, 0) is 6.42 Å². The van der Waals surface area contributed by atoms with Crippen LogP contribution in [-0.2, 0) is 4.79 Å². The maximum atomic E-state index is 10.7. The Labute approximate surface area is 73.4 Å². The molecular weight excluding hydrogens is 156 g/mol. The number of rotatable bonds is 7. The van der Waals surface area contributed by atoms with Crippen LogP contribution in [0.3, 0.4) is 0 Å². The van der Waals surface area contributed by atoms with Crippen LogP contribution in [0.15, 0.2) is 0 Å². The number of carbonyl (C=O) groups excluding carboxylic acids is 1. The number of hydrogen-bond donors (Lipinski definition) is 2. The molecule has 3 heteroatoms. The SMILES string of the molecule is CCCCCCC(O)C(=O)CO. The molecule has 0 saturated carbocycles. The predicted molar refractivity (Wildman–Crippen MR) is 46.9 cm³/mol. The lowest BCUT2D eigenvalue weighted by Gasteiger charge is -2.06. The van der Waals surface area contributed by atoms with Crippen molar-refractivity contribution in [2.24, 2.45) is 0 Å².